The molecule has 0 fully saturated rings. The Labute approximate surface area is 140 Å². The number of nitrogens with one attached hydrogen (secondary N) is 1. The van der Waals surface area contributed by atoms with Crippen molar-refractivity contribution in [2.75, 3.05) is 11.1 Å². The molecule has 0 radical (unpaired) electrons. The lowest BCUT2D eigenvalue weighted by Gasteiger charge is -2.05. The predicted molar refractivity (Wildman–Crippen MR) is 87.1 cm³/mol. The van der Waals surface area contributed by atoms with Crippen LogP contribution in [0.25, 0.3) is 5.69 Å². The summed E-state index contributed by atoms with van der Waals surface area (Å²) in [4.78, 5) is 16.0. The number of hydrogen-bond acceptors (Lipinski definition) is 4. The van der Waals surface area contributed by atoms with Crippen LogP contribution in [0.3, 0.4) is 0 Å². The van der Waals surface area contributed by atoms with Crippen molar-refractivity contribution in [3.63, 3.8) is 0 Å². The van der Waals surface area contributed by atoms with Gasteiger partial charge in [-0.2, -0.15) is 0 Å². The van der Waals surface area contributed by atoms with Crippen LogP contribution in [-0.2, 0) is 4.79 Å². The van der Waals surface area contributed by atoms with Gasteiger partial charge in [0.15, 0.2) is 0 Å². The van der Waals surface area contributed by atoms with Crippen molar-refractivity contribution in [2.45, 2.75) is 5.16 Å². The van der Waals surface area contributed by atoms with Gasteiger partial charge in [0.05, 0.1) is 17.1 Å². The first kappa shape index (κ1) is 16.1. The molecule has 24 heavy (non-hydrogen) atoms. The van der Waals surface area contributed by atoms with E-state index >= 15 is 0 Å². The van der Waals surface area contributed by atoms with E-state index in [9.17, 15) is 13.6 Å². The van der Waals surface area contributed by atoms with E-state index in [-0.39, 0.29) is 11.4 Å². The summed E-state index contributed by atoms with van der Waals surface area (Å²) in [5.41, 5.74) is 0.791. The van der Waals surface area contributed by atoms with E-state index in [4.69, 9.17) is 0 Å². The number of nitrogens with zero attached hydrogens (tertiary/aromatic N) is 3. The zero-order valence-electron chi connectivity index (χ0n) is 12.3. The fourth-order valence-electron chi connectivity index (χ4n) is 1.93. The molecule has 0 saturated carbocycles. The molecule has 3 aromatic rings. The van der Waals surface area contributed by atoms with Crippen molar-refractivity contribution in [3.8, 4) is 5.69 Å². The molecule has 0 atom stereocenters. The minimum atomic E-state index is -0.820. The first-order valence-corrected chi connectivity index (χ1v) is 7.95. The SMILES string of the molecule is O=C(CSc1ncn(-c2ccccc2)n1)Nc1ccc(F)cc1F. The Balaban J connectivity index is 1.58. The fourth-order valence-corrected chi connectivity index (χ4v) is 2.53. The van der Waals surface area contributed by atoms with E-state index in [1.54, 1.807) is 11.0 Å². The standard InChI is InChI=1S/C16H12F2N4OS/c17-11-6-7-14(13(18)8-11)20-15(23)9-24-16-19-10-22(21-16)12-4-2-1-3-5-12/h1-8,10H,9H2,(H,20,23). The Bertz CT molecular complexity index is 854. The highest BCUT2D eigenvalue weighted by Crippen LogP contribution is 2.17. The molecule has 0 unspecified atom stereocenters. The number of anilines is 1. The number of amides is 1. The molecule has 5 nitrogen and oxygen atoms in total. The van der Waals surface area contributed by atoms with Crippen molar-refractivity contribution >= 4 is 23.4 Å². The normalized spacial score (nSPS) is 10.6. The van der Waals surface area contributed by atoms with E-state index in [1.807, 2.05) is 30.3 Å². The average molecular weight is 346 g/mol. The highest BCUT2D eigenvalue weighted by Gasteiger charge is 2.10. The van der Waals surface area contributed by atoms with Gasteiger partial charge in [0.1, 0.15) is 18.0 Å². The van der Waals surface area contributed by atoms with Gasteiger partial charge in [-0.25, -0.2) is 18.4 Å². The summed E-state index contributed by atoms with van der Waals surface area (Å²) in [6, 6.07) is 12.4. The van der Waals surface area contributed by atoms with Gasteiger partial charge in [0.2, 0.25) is 11.1 Å². The Hall–Kier alpha value is -2.74. The molecule has 0 bridgehead atoms. The van der Waals surface area contributed by atoms with Gasteiger partial charge in [0, 0.05) is 6.07 Å². The topological polar surface area (TPSA) is 59.8 Å². The van der Waals surface area contributed by atoms with Crippen molar-refractivity contribution in [3.05, 3.63) is 66.5 Å². The van der Waals surface area contributed by atoms with E-state index in [2.05, 4.69) is 15.4 Å². The van der Waals surface area contributed by atoms with Crippen LogP contribution in [0.15, 0.2) is 60.0 Å². The van der Waals surface area contributed by atoms with Crippen LogP contribution >= 0.6 is 11.8 Å². The molecule has 3 rings (SSSR count). The quantitative estimate of drug-likeness (QED) is 0.720. The minimum Gasteiger partial charge on any atom is -0.323 e. The predicted octanol–water partition coefficient (Wildman–Crippen LogP) is 3.28. The monoisotopic (exact) mass is 346 g/mol. The molecule has 0 aliphatic heterocycles. The van der Waals surface area contributed by atoms with E-state index in [0.717, 1.165) is 23.5 Å². The molecule has 0 aliphatic carbocycles. The van der Waals surface area contributed by atoms with Crippen LogP contribution in [0.1, 0.15) is 0 Å². The number of thioether (sulfide) groups is 1. The first-order chi connectivity index (χ1) is 11.6. The Morgan fingerprint density at radius 1 is 1.17 bits per heavy atom. The molecule has 0 aliphatic rings. The first-order valence-electron chi connectivity index (χ1n) is 6.96. The van der Waals surface area contributed by atoms with E-state index < -0.39 is 17.5 Å². The summed E-state index contributed by atoms with van der Waals surface area (Å²) >= 11 is 1.12. The molecular formula is C16H12F2N4OS. The smallest absolute Gasteiger partial charge is 0.234 e. The summed E-state index contributed by atoms with van der Waals surface area (Å²) in [6.45, 7) is 0. The lowest BCUT2D eigenvalue weighted by molar-refractivity contribution is -0.113. The van der Waals surface area contributed by atoms with Crippen LogP contribution < -0.4 is 5.32 Å². The summed E-state index contributed by atoms with van der Waals surface area (Å²) in [6.07, 6.45) is 1.55. The van der Waals surface area contributed by atoms with Gasteiger partial charge in [-0.05, 0) is 24.3 Å². The van der Waals surface area contributed by atoms with Gasteiger partial charge >= 0.3 is 0 Å². The highest BCUT2D eigenvalue weighted by atomic mass is 32.2. The fraction of sp³-hybridized carbons (Fsp3) is 0.0625. The lowest BCUT2D eigenvalue weighted by atomic mass is 10.3. The number of benzene rings is 2. The minimum absolute atomic E-state index is 0.00954. The maximum atomic E-state index is 13.5. The van der Waals surface area contributed by atoms with Crippen LogP contribution in [0.4, 0.5) is 14.5 Å². The van der Waals surface area contributed by atoms with Gasteiger partial charge in [-0.3, -0.25) is 4.79 Å². The van der Waals surface area contributed by atoms with Crippen molar-refractivity contribution < 1.29 is 13.6 Å². The van der Waals surface area contributed by atoms with Crippen molar-refractivity contribution in [2.24, 2.45) is 0 Å². The maximum absolute atomic E-state index is 13.5. The summed E-state index contributed by atoms with van der Waals surface area (Å²) in [5.74, 6) is -1.94. The van der Waals surface area contributed by atoms with E-state index in [1.165, 1.54) is 6.07 Å². The van der Waals surface area contributed by atoms with Gasteiger partial charge in [0.25, 0.3) is 0 Å². The number of hydrogen-bond donors (Lipinski definition) is 1. The average Bonchev–Trinajstić information content (AvgIpc) is 3.05. The summed E-state index contributed by atoms with van der Waals surface area (Å²) in [5, 5.41) is 7.06. The molecule has 1 N–H and O–H groups in total. The highest BCUT2D eigenvalue weighted by molar-refractivity contribution is 7.99. The molecule has 0 spiro atoms. The van der Waals surface area contributed by atoms with Crippen LogP contribution in [0.2, 0.25) is 0 Å². The van der Waals surface area contributed by atoms with Crippen LogP contribution in [-0.4, -0.2) is 26.4 Å². The lowest BCUT2D eigenvalue weighted by Crippen LogP contribution is -2.15. The zero-order valence-corrected chi connectivity index (χ0v) is 13.1. The maximum Gasteiger partial charge on any atom is 0.234 e. The molecule has 2 aromatic carbocycles. The second kappa shape index (κ2) is 7.22. The molecule has 1 heterocycles. The van der Waals surface area contributed by atoms with Gasteiger partial charge < -0.3 is 5.32 Å². The van der Waals surface area contributed by atoms with Gasteiger partial charge in [-0.1, -0.05) is 30.0 Å². The van der Waals surface area contributed by atoms with Crippen molar-refractivity contribution in [1.82, 2.24) is 14.8 Å². The second-order valence-corrected chi connectivity index (χ2v) is 5.71. The van der Waals surface area contributed by atoms with Crippen LogP contribution in [0, 0.1) is 11.6 Å². The Morgan fingerprint density at radius 2 is 1.96 bits per heavy atom. The third kappa shape index (κ3) is 3.96. The third-order valence-electron chi connectivity index (χ3n) is 3.03. The second-order valence-electron chi connectivity index (χ2n) is 4.77. The summed E-state index contributed by atoms with van der Waals surface area (Å²) in [7, 11) is 0. The summed E-state index contributed by atoms with van der Waals surface area (Å²) < 4.78 is 27.9. The number of aromatic nitrogens is 3. The van der Waals surface area contributed by atoms with Crippen molar-refractivity contribution in [1.29, 1.82) is 0 Å². The Kier molecular flexibility index (Phi) is 4.85. The number of carbonyl (C=O) groups excluding carboxylic acids is 1. The molecule has 8 heteroatoms. The van der Waals surface area contributed by atoms with Gasteiger partial charge in [-0.15, -0.1) is 5.10 Å². The number of carbonyl (C=O) groups is 1. The largest absolute Gasteiger partial charge is 0.323 e. The Morgan fingerprint density at radius 3 is 2.71 bits per heavy atom. The molecular weight excluding hydrogens is 334 g/mol. The molecule has 1 aromatic heterocycles. The van der Waals surface area contributed by atoms with Crippen LogP contribution in [0.5, 0.6) is 0 Å². The number of halogens is 2. The molecule has 122 valence electrons. The molecule has 0 saturated heterocycles. The number of rotatable bonds is 5. The van der Waals surface area contributed by atoms with E-state index in [0.29, 0.717) is 11.2 Å². The number of para-hydroxylation sites is 1. The third-order valence-corrected chi connectivity index (χ3v) is 3.88. The zero-order chi connectivity index (χ0) is 16.9. The molecule has 1 amide bonds.